The molecule has 2 heterocycles. The third-order valence-electron chi connectivity index (χ3n) is 6.56. The molecule has 4 nitrogen and oxygen atoms in total. The highest BCUT2D eigenvalue weighted by Gasteiger charge is 2.25. The minimum atomic E-state index is -0.180. The molecule has 0 unspecified atom stereocenters. The highest BCUT2D eigenvalue weighted by atomic mass is 35.5. The zero-order chi connectivity index (χ0) is 25.5. The molecule has 180 valence electrons. The van der Waals surface area contributed by atoms with E-state index in [0.717, 1.165) is 39.3 Å². The van der Waals surface area contributed by atoms with Crippen LogP contribution in [-0.4, -0.2) is 9.55 Å². The Morgan fingerprint density at radius 3 is 2.14 bits per heavy atom. The molecule has 0 saturated heterocycles. The fourth-order valence-electron chi connectivity index (χ4n) is 4.61. The average Bonchev–Trinajstić information content (AvgIpc) is 3.32. The Labute approximate surface area is 219 Å². The normalized spacial score (nSPS) is 11.2. The Kier molecular flexibility index (Phi) is 5.74. The largest absolute Gasteiger partial charge is 0.463 e. The summed E-state index contributed by atoms with van der Waals surface area (Å²) in [5.41, 5.74) is 7.20. The number of aromatic nitrogens is 2. The summed E-state index contributed by atoms with van der Waals surface area (Å²) in [6, 6.07) is 31.8. The molecule has 0 atom stereocenters. The van der Waals surface area contributed by atoms with Crippen molar-refractivity contribution in [3.05, 3.63) is 130 Å². The second-order valence-electron chi connectivity index (χ2n) is 9.11. The molecule has 0 fully saturated rings. The smallest absolute Gasteiger partial charge is 0.203 e. The molecule has 4 aromatic carbocycles. The molecular formula is C32H23ClN2O2. The molecule has 0 N–H and O–H groups in total. The first-order valence-corrected chi connectivity index (χ1v) is 12.4. The van der Waals surface area contributed by atoms with E-state index < -0.39 is 0 Å². The number of nitrogens with zero attached hydrogens (tertiary/aromatic N) is 2. The van der Waals surface area contributed by atoms with Crippen LogP contribution >= 0.6 is 11.6 Å². The predicted molar refractivity (Wildman–Crippen MR) is 150 cm³/mol. The van der Waals surface area contributed by atoms with Gasteiger partial charge in [0.05, 0.1) is 16.8 Å². The second-order valence-corrected chi connectivity index (χ2v) is 9.52. The van der Waals surface area contributed by atoms with Gasteiger partial charge in [-0.05, 0) is 43.7 Å². The lowest BCUT2D eigenvalue weighted by molar-refractivity contribution is 0.603. The van der Waals surface area contributed by atoms with Gasteiger partial charge in [0.25, 0.3) is 0 Å². The molecule has 0 spiro atoms. The summed E-state index contributed by atoms with van der Waals surface area (Å²) in [5.74, 6) is 0.508. The first kappa shape index (κ1) is 23.0. The van der Waals surface area contributed by atoms with Crippen molar-refractivity contribution in [1.82, 2.24) is 9.55 Å². The Morgan fingerprint density at radius 1 is 0.811 bits per heavy atom. The Bertz CT molecular complexity index is 1800. The van der Waals surface area contributed by atoms with E-state index in [1.54, 1.807) is 12.1 Å². The van der Waals surface area contributed by atoms with Crippen molar-refractivity contribution in [2.24, 2.45) is 0 Å². The van der Waals surface area contributed by atoms with Crippen LogP contribution in [0, 0.1) is 13.8 Å². The number of hydrogen-bond donors (Lipinski definition) is 0. The third-order valence-corrected chi connectivity index (χ3v) is 6.97. The summed E-state index contributed by atoms with van der Waals surface area (Å²) in [4.78, 5) is 19.0. The van der Waals surface area contributed by atoms with Crippen LogP contribution in [0.2, 0.25) is 5.02 Å². The van der Waals surface area contributed by atoms with Crippen LogP contribution in [0.25, 0.3) is 50.6 Å². The van der Waals surface area contributed by atoms with E-state index >= 15 is 0 Å². The van der Waals surface area contributed by atoms with Gasteiger partial charge < -0.3 is 4.42 Å². The number of aryl methyl sites for hydroxylation is 2. The summed E-state index contributed by atoms with van der Waals surface area (Å²) in [5, 5.41) is 0.947. The monoisotopic (exact) mass is 502 g/mol. The highest BCUT2D eigenvalue weighted by Crippen LogP contribution is 2.38. The van der Waals surface area contributed by atoms with Gasteiger partial charge in [-0.15, -0.1) is 0 Å². The molecule has 0 aliphatic heterocycles. The zero-order valence-electron chi connectivity index (χ0n) is 20.4. The maximum absolute atomic E-state index is 13.9. The first-order valence-electron chi connectivity index (χ1n) is 12.0. The molecule has 6 rings (SSSR count). The quantitative estimate of drug-likeness (QED) is 0.244. The molecule has 0 aliphatic carbocycles. The van der Waals surface area contributed by atoms with Gasteiger partial charge in [-0.2, -0.15) is 0 Å². The number of halogens is 1. The molecular weight excluding hydrogens is 480 g/mol. The van der Waals surface area contributed by atoms with Crippen molar-refractivity contribution in [2.75, 3.05) is 0 Å². The van der Waals surface area contributed by atoms with Gasteiger partial charge in [0.1, 0.15) is 17.4 Å². The number of rotatable bonds is 4. The van der Waals surface area contributed by atoms with Crippen molar-refractivity contribution in [2.45, 2.75) is 13.8 Å². The van der Waals surface area contributed by atoms with Crippen molar-refractivity contribution in [3.63, 3.8) is 0 Å². The number of imidazole rings is 1. The molecule has 0 aliphatic rings. The van der Waals surface area contributed by atoms with Crippen molar-refractivity contribution in [1.29, 1.82) is 0 Å². The van der Waals surface area contributed by atoms with Gasteiger partial charge in [-0.3, -0.25) is 9.36 Å². The van der Waals surface area contributed by atoms with E-state index in [1.165, 1.54) is 6.26 Å². The molecule has 0 bridgehead atoms. The summed E-state index contributed by atoms with van der Waals surface area (Å²) in [6.07, 6.45) is 1.51. The van der Waals surface area contributed by atoms with Crippen molar-refractivity contribution < 1.29 is 4.42 Å². The average molecular weight is 503 g/mol. The van der Waals surface area contributed by atoms with E-state index in [1.807, 2.05) is 72.2 Å². The number of benzene rings is 4. The summed E-state index contributed by atoms with van der Waals surface area (Å²) >= 11 is 6.39. The Hall–Kier alpha value is -4.41. The van der Waals surface area contributed by atoms with E-state index in [4.69, 9.17) is 21.0 Å². The number of fused-ring (bicyclic) bond motifs is 1. The molecule has 2 aromatic heterocycles. The van der Waals surface area contributed by atoms with Gasteiger partial charge in [-0.25, -0.2) is 4.98 Å². The van der Waals surface area contributed by atoms with Crippen LogP contribution in [0.5, 0.6) is 0 Å². The van der Waals surface area contributed by atoms with Crippen LogP contribution < -0.4 is 5.43 Å². The van der Waals surface area contributed by atoms with Crippen molar-refractivity contribution >= 4 is 22.6 Å². The van der Waals surface area contributed by atoms with Crippen molar-refractivity contribution in [3.8, 4) is 39.6 Å². The highest BCUT2D eigenvalue weighted by molar-refractivity contribution is 6.32. The lowest BCUT2D eigenvalue weighted by Gasteiger charge is -2.14. The fourth-order valence-corrected chi connectivity index (χ4v) is 4.77. The van der Waals surface area contributed by atoms with E-state index in [9.17, 15) is 4.79 Å². The van der Waals surface area contributed by atoms with E-state index in [0.29, 0.717) is 27.4 Å². The Balaban J connectivity index is 1.74. The van der Waals surface area contributed by atoms with Crippen LogP contribution in [0.15, 0.2) is 113 Å². The molecule has 5 heteroatoms. The van der Waals surface area contributed by atoms with Gasteiger partial charge in [0, 0.05) is 21.8 Å². The maximum atomic E-state index is 13.9. The molecule has 0 radical (unpaired) electrons. The topological polar surface area (TPSA) is 48.0 Å². The van der Waals surface area contributed by atoms with Crippen LogP contribution in [0.3, 0.4) is 0 Å². The molecule has 37 heavy (non-hydrogen) atoms. The fraction of sp³-hybridized carbons (Fsp3) is 0.0625. The van der Waals surface area contributed by atoms with Crippen LogP contribution in [0.1, 0.15) is 11.1 Å². The minimum absolute atomic E-state index is 0.180. The number of hydrogen-bond acceptors (Lipinski definition) is 3. The summed E-state index contributed by atoms with van der Waals surface area (Å²) in [6.45, 7) is 3.94. The zero-order valence-corrected chi connectivity index (χ0v) is 21.2. The molecule has 0 amide bonds. The summed E-state index contributed by atoms with van der Waals surface area (Å²) < 4.78 is 8.02. The predicted octanol–water partition coefficient (Wildman–Crippen LogP) is 8.25. The third kappa shape index (κ3) is 4.05. The van der Waals surface area contributed by atoms with E-state index in [2.05, 4.69) is 31.2 Å². The van der Waals surface area contributed by atoms with Crippen LogP contribution in [-0.2, 0) is 0 Å². The maximum Gasteiger partial charge on any atom is 0.203 e. The standard InChI is InChI=1S/C32H23ClN2O2/c1-20-13-15-24(16-14-20)35-30(23-11-7-4-8-12-23)29(22-9-5-3-6-10-22)34-32(35)26-19-37-28-17-21(2)27(33)18-25(28)31(26)36/h3-19H,1-2H3. The SMILES string of the molecule is Cc1ccc(-n2c(-c3coc4cc(C)c(Cl)cc4c3=O)nc(-c3ccccc3)c2-c2ccccc2)cc1. The van der Waals surface area contributed by atoms with E-state index in [-0.39, 0.29) is 5.43 Å². The molecule has 6 aromatic rings. The van der Waals surface area contributed by atoms with Gasteiger partial charge in [0.2, 0.25) is 5.43 Å². The first-order chi connectivity index (χ1) is 18.0. The minimum Gasteiger partial charge on any atom is -0.463 e. The van der Waals surface area contributed by atoms with Gasteiger partial charge >= 0.3 is 0 Å². The van der Waals surface area contributed by atoms with Gasteiger partial charge in [0.15, 0.2) is 5.82 Å². The lowest BCUT2D eigenvalue weighted by Crippen LogP contribution is -2.09. The molecule has 0 saturated carbocycles. The Morgan fingerprint density at radius 2 is 1.46 bits per heavy atom. The van der Waals surface area contributed by atoms with Gasteiger partial charge in [-0.1, -0.05) is 90.0 Å². The summed E-state index contributed by atoms with van der Waals surface area (Å²) in [7, 11) is 0. The van der Waals surface area contributed by atoms with Crippen LogP contribution in [0.4, 0.5) is 0 Å². The lowest BCUT2D eigenvalue weighted by atomic mass is 10.0. The second kappa shape index (κ2) is 9.23.